The smallest absolute Gasteiger partial charge is 0.325 e. The zero-order valence-electron chi connectivity index (χ0n) is 14.5. The molecule has 0 atom stereocenters. The molecule has 0 radical (unpaired) electrons. The first kappa shape index (κ1) is 19.1. The van der Waals surface area contributed by atoms with Crippen LogP contribution in [0.1, 0.15) is 20.8 Å². The Morgan fingerprint density at radius 1 is 1.40 bits per heavy atom. The average molecular weight is 414 g/mol. The lowest BCUT2D eigenvalue weighted by Crippen LogP contribution is -2.44. The largest absolute Gasteiger partial charge is 0.465 e. The molecule has 9 nitrogen and oxygen atoms in total. The van der Waals surface area contributed by atoms with Gasteiger partial charge in [-0.3, -0.25) is 19.0 Å². The van der Waals surface area contributed by atoms with Gasteiger partial charge in [-0.25, -0.2) is 9.67 Å². The second-order valence-electron chi connectivity index (χ2n) is 5.71. The summed E-state index contributed by atoms with van der Waals surface area (Å²) >= 11 is 3.23. The summed E-state index contributed by atoms with van der Waals surface area (Å²) in [6.45, 7) is 5.14. The third kappa shape index (κ3) is 4.06. The van der Waals surface area contributed by atoms with Crippen molar-refractivity contribution in [2.75, 3.05) is 13.2 Å². The number of nitrogens with zero attached hydrogens (tertiary/aromatic N) is 5. The summed E-state index contributed by atoms with van der Waals surface area (Å²) in [7, 11) is 1.68. The molecule has 0 saturated carbocycles. The molecule has 0 N–H and O–H groups in total. The quantitative estimate of drug-likeness (QED) is 0.646. The molecule has 0 bridgehead atoms. The van der Waals surface area contributed by atoms with Gasteiger partial charge in [-0.15, -0.1) is 0 Å². The summed E-state index contributed by atoms with van der Waals surface area (Å²) < 4.78 is 7.95. The topological polar surface area (TPSA) is 99.3 Å². The molecule has 0 fully saturated rings. The number of halogens is 1. The Morgan fingerprint density at radius 3 is 2.68 bits per heavy atom. The summed E-state index contributed by atoms with van der Waals surface area (Å²) in [5.74, 6) is -0.855. The normalized spacial score (nSPS) is 11.1. The third-order valence-corrected chi connectivity index (χ3v) is 4.18. The van der Waals surface area contributed by atoms with Crippen molar-refractivity contribution in [2.24, 2.45) is 7.05 Å². The van der Waals surface area contributed by atoms with Crippen LogP contribution in [0.15, 0.2) is 15.7 Å². The van der Waals surface area contributed by atoms with Crippen molar-refractivity contribution < 1.29 is 14.3 Å². The highest BCUT2D eigenvalue weighted by atomic mass is 79.9. The van der Waals surface area contributed by atoms with Crippen molar-refractivity contribution in [1.82, 2.24) is 24.2 Å². The van der Waals surface area contributed by atoms with Gasteiger partial charge in [-0.1, -0.05) is 0 Å². The lowest BCUT2D eigenvalue weighted by Gasteiger charge is -2.25. The minimum atomic E-state index is -0.486. The number of hydrogen-bond donors (Lipinski definition) is 0. The summed E-state index contributed by atoms with van der Waals surface area (Å²) in [6, 6.07) is -0.213. The van der Waals surface area contributed by atoms with Gasteiger partial charge in [-0.2, -0.15) is 5.10 Å². The molecule has 2 aromatic heterocycles. The van der Waals surface area contributed by atoms with Crippen LogP contribution in [0.4, 0.5) is 0 Å². The van der Waals surface area contributed by atoms with Crippen LogP contribution in [0, 0.1) is 0 Å². The molecule has 0 saturated heterocycles. The van der Waals surface area contributed by atoms with Crippen LogP contribution >= 0.6 is 15.9 Å². The van der Waals surface area contributed by atoms with E-state index < -0.39 is 5.97 Å². The molecule has 2 heterocycles. The van der Waals surface area contributed by atoms with Crippen molar-refractivity contribution in [2.45, 2.75) is 33.4 Å². The van der Waals surface area contributed by atoms with Gasteiger partial charge in [0.1, 0.15) is 29.4 Å². The van der Waals surface area contributed by atoms with Crippen LogP contribution in [0.25, 0.3) is 11.0 Å². The van der Waals surface area contributed by atoms with Gasteiger partial charge in [0.25, 0.3) is 5.56 Å². The average Bonchev–Trinajstić information content (AvgIpc) is 2.82. The van der Waals surface area contributed by atoms with E-state index in [1.807, 2.05) is 0 Å². The van der Waals surface area contributed by atoms with Crippen molar-refractivity contribution >= 4 is 38.8 Å². The number of aryl methyl sites for hydroxylation is 1. The Labute approximate surface area is 152 Å². The zero-order valence-corrected chi connectivity index (χ0v) is 16.1. The number of carbonyl (C=O) groups is 2. The second-order valence-corrected chi connectivity index (χ2v) is 6.46. The maximum atomic E-state index is 12.6. The Hall–Kier alpha value is -2.23. The first-order valence-corrected chi connectivity index (χ1v) is 8.58. The van der Waals surface area contributed by atoms with Crippen molar-refractivity contribution in [3.8, 4) is 0 Å². The van der Waals surface area contributed by atoms with Gasteiger partial charge in [0.05, 0.1) is 6.61 Å². The monoisotopic (exact) mass is 413 g/mol. The molecule has 136 valence electrons. The van der Waals surface area contributed by atoms with E-state index in [0.717, 1.165) is 0 Å². The van der Waals surface area contributed by atoms with Crippen LogP contribution in [-0.4, -0.2) is 55.3 Å². The number of rotatable bonds is 6. The number of hydrogen-bond acceptors (Lipinski definition) is 6. The number of ether oxygens (including phenoxy) is 1. The minimum absolute atomic E-state index is 0.161. The molecule has 0 spiro atoms. The molecular weight excluding hydrogens is 394 g/mol. The van der Waals surface area contributed by atoms with Crippen LogP contribution in [0.2, 0.25) is 0 Å². The van der Waals surface area contributed by atoms with E-state index in [9.17, 15) is 14.4 Å². The maximum Gasteiger partial charge on any atom is 0.325 e. The van der Waals surface area contributed by atoms with Gasteiger partial charge >= 0.3 is 5.97 Å². The summed E-state index contributed by atoms with van der Waals surface area (Å²) in [5, 5.41) is 4.40. The number of aromatic nitrogens is 4. The molecule has 0 aliphatic rings. The van der Waals surface area contributed by atoms with Crippen LogP contribution in [0.5, 0.6) is 0 Å². The minimum Gasteiger partial charge on any atom is -0.465 e. The number of amides is 1. The maximum absolute atomic E-state index is 12.6. The van der Waals surface area contributed by atoms with E-state index in [-0.39, 0.29) is 37.2 Å². The Balaban J connectivity index is 2.28. The molecule has 25 heavy (non-hydrogen) atoms. The van der Waals surface area contributed by atoms with Crippen molar-refractivity contribution in [1.29, 1.82) is 0 Å². The van der Waals surface area contributed by atoms with Gasteiger partial charge < -0.3 is 9.64 Å². The Bertz CT molecular complexity index is 857. The fraction of sp³-hybridized carbons (Fsp3) is 0.533. The van der Waals surface area contributed by atoms with Crippen molar-refractivity contribution in [3.05, 3.63) is 21.3 Å². The molecular formula is C15H20BrN5O4. The highest BCUT2D eigenvalue weighted by Gasteiger charge is 2.22. The van der Waals surface area contributed by atoms with Crippen LogP contribution < -0.4 is 5.56 Å². The zero-order chi connectivity index (χ0) is 18.7. The standard InChI is InChI=1S/C15H20BrN5O4/c1-5-25-11(23)7-21(9(2)3)10(22)6-20-8-17-14-12(15(20)24)13(16)18-19(14)4/h8-9H,5-7H2,1-4H3. The molecule has 2 aromatic rings. The fourth-order valence-corrected chi connectivity index (χ4v) is 2.97. The summed E-state index contributed by atoms with van der Waals surface area (Å²) in [4.78, 5) is 42.4. The van der Waals surface area contributed by atoms with E-state index in [4.69, 9.17) is 4.74 Å². The fourth-order valence-electron chi connectivity index (χ4n) is 2.39. The van der Waals surface area contributed by atoms with Gasteiger partial charge in [0.15, 0.2) is 5.65 Å². The summed E-state index contributed by atoms with van der Waals surface area (Å²) in [6.07, 6.45) is 1.31. The first-order valence-electron chi connectivity index (χ1n) is 7.79. The molecule has 0 aromatic carbocycles. The van der Waals surface area contributed by atoms with E-state index >= 15 is 0 Å². The van der Waals surface area contributed by atoms with E-state index in [1.165, 1.54) is 20.5 Å². The van der Waals surface area contributed by atoms with Gasteiger partial charge in [0, 0.05) is 13.1 Å². The van der Waals surface area contributed by atoms with Crippen LogP contribution in [-0.2, 0) is 27.9 Å². The van der Waals surface area contributed by atoms with Crippen molar-refractivity contribution in [3.63, 3.8) is 0 Å². The SMILES string of the molecule is CCOC(=O)CN(C(=O)Cn1cnc2c(c(Br)nn2C)c1=O)C(C)C. The first-order chi connectivity index (χ1) is 11.8. The molecule has 0 aliphatic heterocycles. The molecule has 10 heteroatoms. The van der Waals surface area contributed by atoms with Gasteiger partial charge in [-0.05, 0) is 36.7 Å². The van der Waals surface area contributed by atoms with E-state index in [2.05, 4.69) is 26.0 Å². The number of fused-ring (bicyclic) bond motifs is 1. The highest BCUT2D eigenvalue weighted by molar-refractivity contribution is 9.10. The Kier molecular flexibility index (Phi) is 5.93. The van der Waals surface area contributed by atoms with E-state index in [1.54, 1.807) is 27.8 Å². The number of carbonyl (C=O) groups excluding carboxylic acids is 2. The predicted octanol–water partition coefficient (Wildman–Crippen LogP) is 0.693. The number of esters is 1. The molecule has 2 rings (SSSR count). The predicted molar refractivity (Wildman–Crippen MR) is 94.0 cm³/mol. The lowest BCUT2D eigenvalue weighted by molar-refractivity contribution is -0.150. The van der Waals surface area contributed by atoms with Gasteiger partial charge in [0.2, 0.25) is 5.91 Å². The lowest BCUT2D eigenvalue weighted by atomic mass is 10.3. The molecule has 0 aliphatic carbocycles. The molecule has 1 amide bonds. The molecule has 0 unspecified atom stereocenters. The summed E-state index contributed by atoms with van der Waals surface area (Å²) in [5.41, 5.74) is 0.0472. The van der Waals surface area contributed by atoms with E-state index in [0.29, 0.717) is 15.6 Å². The third-order valence-electron chi connectivity index (χ3n) is 3.62. The van der Waals surface area contributed by atoms with Crippen LogP contribution in [0.3, 0.4) is 0 Å². The Morgan fingerprint density at radius 2 is 2.08 bits per heavy atom. The highest BCUT2D eigenvalue weighted by Crippen LogP contribution is 2.16. The second kappa shape index (κ2) is 7.77.